The SMILES string of the molecule is F[C@@H](c1ccccc1)[C@H](c1ccccc1)[NH+]1CCCCC1.F[C@@H](c1ccccc1)[C@H](c1ccccc1)[NH+]1CCCCC1.F[C@@H](c1ccccc1)[C@H](c1ccccc1)[NH+]1CCCCC1.F[C@H](c1ccccc1)[C@@H](c1ccccc1)[NH+]1CCCCC1.O.O.O.O.O.O.O.O.[Cl-].[Cl-].[Cl-].[Cl-]. The number of quaternary nitrogens is 4. The molecule has 0 aliphatic carbocycles. The molecule has 8 aromatic rings. The van der Waals surface area contributed by atoms with E-state index < -0.39 is 24.7 Å². The summed E-state index contributed by atoms with van der Waals surface area (Å²) in [4.78, 5) is 5.57. The van der Waals surface area contributed by atoms with Crippen molar-refractivity contribution in [3.05, 3.63) is 287 Å². The van der Waals surface area contributed by atoms with Gasteiger partial charge in [-0.25, -0.2) is 17.6 Å². The number of hydrogen-bond acceptors (Lipinski definition) is 0. The van der Waals surface area contributed by atoms with Gasteiger partial charge in [0.1, 0.15) is 24.2 Å². The van der Waals surface area contributed by atoms with E-state index in [9.17, 15) is 0 Å². The molecule has 0 unspecified atom stereocenters. The molecule has 8 aromatic carbocycles. The Labute approximate surface area is 592 Å². The average Bonchev–Trinajstić information content (AvgIpc) is 0.886. The molecule has 4 heterocycles. The minimum absolute atomic E-state index is 0. The zero-order valence-electron chi connectivity index (χ0n) is 54.9. The second-order valence-corrected chi connectivity index (χ2v) is 23.7. The molecule has 12 nitrogen and oxygen atoms in total. The van der Waals surface area contributed by atoms with Crippen molar-refractivity contribution in [2.75, 3.05) is 52.4 Å². The zero-order chi connectivity index (χ0) is 58.0. The number of piperidine rings is 4. The lowest BCUT2D eigenvalue weighted by Crippen LogP contribution is -3.13. The number of benzene rings is 8. The average molecular weight is 1420 g/mol. The van der Waals surface area contributed by atoms with Gasteiger partial charge in [0.25, 0.3) is 0 Å². The van der Waals surface area contributed by atoms with Gasteiger partial charge in [0.2, 0.25) is 0 Å². The van der Waals surface area contributed by atoms with Crippen molar-refractivity contribution < 1.29 is 131 Å². The van der Waals surface area contributed by atoms with Gasteiger partial charge < -0.3 is 113 Å². The first-order valence-corrected chi connectivity index (χ1v) is 31.8. The van der Waals surface area contributed by atoms with Crippen molar-refractivity contribution >= 4 is 0 Å². The molecule has 20 heteroatoms. The summed E-state index contributed by atoms with van der Waals surface area (Å²) < 4.78 is 61.0. The molecule has 0 saturated carbocycles. The number of alkyl halides is 4. The van der Waals surface area contributed by atoms with E-state index in [0.717, 1.165) is 96.9 Å². The first-order valence-electron chi connectivity index (χ1n) is 31.8. The molecule has 4 fully saturated rings. The topological polar surface area (TPSA) is 270 Å². The highest BCUT2D eigenvalue weighted by molar-refractivity contribution is 5.29. The van der Waals surface area contributed by atoms with E-state index in [-0.39, 0.29) is 118 Å². The van der Waals surface area contributed by atoms with Crippen LogP contribution in [0.25, 0.3) is 0 Å². The molecule has 12 rings (SSSR count). The first kappa shape index (κ1) is 96.5. The van der Waals surface area contributed by atoms with Crippen LogP contribution in [0.1, 0.15) is 170 Å². The Morgan fingerprint density at radius 1 is 0.177 bits per heavy atom. The maximum atomic E-state index is 15.2. The fraction of sp³-hybridized carbons (Fsp3) is 0.368. The van der Waals surface area contributed by atoms with Crippen molar-refractivity contribution in [2.24, 2.45) is 0 Å². The molecule has 4 saturated heterocycles. The predicted octanol–water partition coefficient (Wildman–Crippen LogP) is -4.55. The summed E-state index contributed by atoms with van der Waals surface area (Å²) in [6, 6.07) is 78.8. The van der Waals surface area contributed by atoms with Crippen LogP contribution >= 0.6 is 0 Å². The monoisotopic (exact) mass is 1420 g/mol. The van der Waals surface area contributed by atoms with E-state index in [2.05, 4.69) is 48.5 Å². The number of hydrogen-bond donors (Lipinski definition) is 4. The fourth-order valence-electron chi connectivity index (χ4n) is 13.7. The quantitative estimate of drug-likeness (QED) is 0.0667. The second kappa shape index (κ2) is 53.2. The molecule has 0 amide bonds. The van der Waals surface area contributed by atoms with Crippen molar-refractivity contribution in [2.45, 2.75) is 126 Å². The summed E-state index contributed by atoms with van der Waals surface area (Å²) in [5.41, 5.74) is 7.65. The molecule has 0 aromatic heterocycles. The maximum absolute atomic E-state index is 15.2. The second-order valence-electron chi connectivity index (χ2n) is 23.7. The lowest BCUT2D eigenvalue weighted by atomic mass is 9.94. The Bertz CT molecular complexity index is 2610. The minimum atomic E-state index is -0.943. The van der Waals surface area contributed by atoms with Gasteiger partial charge in [-0.05, 0) is 99.3 Å². The fourth-order valence-corrected chi connectivity index (χ4v) is 13.7. The van der Waals surface area contributed by atoms with Gasteiger partial charge in [0.15, 0.2) is 24.7 Å². The molecule has 4 aliphatic rings. The highest BCUT2D eigenvalue weighted by Crippen LogP contribution is 2.34. The number of rotatable bonds is 16. The van der Waals surface area contributed by atoms with Gasteiger partial charge in [0, 0.05) is 22.3 Å². The van der Waals surface area contributed by atoms with E-state index in [1.54, 1.807) is 0 Å². The van der Waals surface area contributed by atoms with Crippen molar-refractivity contribution in [3.8, 4) is 0 Å². The lowest BCUT2D eigenvalue weighted by Gasteiger charge is -2.33. The summed E-state index contributed by atoms with van der Waals surface area (Å²) >= 11 is 0. The predicted molar refractivity (Wildman–Crippen MR) is 365 cm³/mol. The normalized spacial score (nSPS) is 16.7. The van der Waals surface area contributed by atoms with Crippen LogP contribution in [0.5, 0.6) is 0 Å². The number of likely N-dealkylation sites (tertiary alicyclic amines) is 4. The van der Waals surface area contributed by atoms with Crippen LogP contribution < -0.4 is 69.2 Å². The van der Waals surface area contributed by atoms with Gasteiger partial charge in [0.05, 0.1) is 52.4 Å². The molecule has 96 heavy (non-hydrogen) atoms. The minimum Gasteiger partial charge on any atom is -1.00 e. The summed E-state index contributed by atoms with van der Waals surface area (Å²) in [5.74, 6) is 0. The zero-order valence-corrected chi connectivity index (χ0v) is 57.9. The third kappa shape index (κ3) is 28.2. The lowest BCUT2D eigenvalue weighted by molar-refractivity contribution is -0.940. The van der Waals surface area contributed by atoms with Crippen LogP contribution in [0.2, 0.25) is 0 Å². The Balaban J connectivity index is -0.000000564. The third-order valence-corrected chi connectivity index (χ3v) is 18.0. The summed E-state index contributed by atoms with van der Waals surface area (Å²) in [7, 11) is 0. The van der Waals surface area contributed by atoms with Gasteiger partial charge in [-0.3, -0.25) is 0 Å². The molecule has 0 radical (unpaired) electrons. The standard InChI is InChI=1S/4C19H22FN.4ClH.8H2O/c4*20-18(16-10-4-1-5-11-16)19(17-12-6-2-7-13-17)21-14-8-3-9-15-21;;;;;;;;;;;;/h4*1-2,4-7,10-13,18-19H,3,8-9,14-15H2;4*1H;8*1H2/t4*18-,19-;;;;;;;;;;;;/m1000............/s1. The Hall–Kier alpha value is -5.84. The summed E-state index contributed by atoms with van der Waals surface area (Å²) in [6.07, 6.45) is 11.0. The van der Waals surface area contributed by atoms with E-state index in [4.69, 9.17) is 0 Å². The molecule has 20 N–H and O–H groups in total. The van der Waals surface area contributed by atoms with E-state index in [1.165, 1.54) is 96.6 Å². The van der Waals surface area contributed by atoms with Crippen LogP contribution in [0.4, 0.5) is 17.6 Å². The summed E-state index contributed by atoms with van der Waals surface area (Å²) in [5, 5.41) is 0. The van der Waals surface area contributed by atoms with E-state index in [0.29, 0.717) is 0 Å². The molecule has 8 atom stereocenters. The van der Waals surface area contributed by atoms with Gasteiger partial charge in [-0.15, -0.1) is 0 Å². The highest BCUT2D eigenvalue weighted by Gasteiger charge is 2.38. The Morgan fingerprint density at radius 2 is 0.292 bits per heavy atom. The van der Waals surface area contributed by atoms with Crippen LogP contribution in [0.15, 0.2) is 243 Å². The molecular formula is C76H108Cl4F4N4O8. The van der Waals surface area contributed by atoms with Gasteiger partial charge >= 0.3 is 0 Å². The molecule has 0 spiro atoms. The van der Waals surface area contributed by atoms with E-state index >= 15 is 17.6 Å². The van der Waals surface area contributed by atoms with E-state index in [1.807, 2.05) is 194 Å². The van der Waals surface area contributed by atoms with Crippen LogP contribution in [-0.2, 0) is 0 Å². The smallest absolute Gasteiger partial charge is 0.181 e. The van der Waals surface area contributed by atoms with Crippen LogP contribution in [-0.4, -0.2) is 96.2 Å². The molecular weight excluding hydrogens is 1310 g/mol. The van der Waals surface area contributed by atoms with Crippen molar-refractivity contribution in [3.63, 3.8) is 0 Å². The summed E-state index contributed by atoms with van der Waals surface area (Å²) in [6.45, 7) is 8.61. The van der Waals surface area contributed by atoms with Gasteiger partial charge in [-0.1, -0.05) is 243 Å². The highest BCUT2D eigenvalue weighted by atomic mass is 35.5. The molecule has 4 aliphatic heterocycles. The largest absolute Gasteiger partial charge is 1.00 e. The maximum Gasteiger partial charge on any atom is 0.181 e. The van der Waals surface area contributed by atoms with Crippen molar-refractivity contribution in [1.82, 2.24) is 0 Å². The Kier molecular flexibility index (Phi) is 53.5. The Morgan fingerprint density at radius 3 is 0.417 bits per heavy atom. The molecule has 536 valence electrons. The third-order valence-electron chi connectivity index (χ3n) is 18.0. The van der Waals surface area contributed by atoms with Crippen LogP contribution in [0.3, 0.4) is 0 Å². The number of halogens is 8. The molecule has 0 bridgehead atoms. The van der Waals surface area contributed by atoms with Gasteiger partial charge in [-0.2, -0.15) is 0 Å². The first-order chi connectivity index (χ1) is 41.4. The van der Waals surface area contributed by atoms with Crippen LogP contribution in [0, 0.1) is 0 Å². The number of nitrogens with one attached hydrogen (secondary N) is 4. The van der Waals surface area contributed by atoms with Crippen molar-refractivity contribution in [1.29, 1.82) is 0 Å².